The number of piperidine rings is 1. The number of nitrogens with zero attached hydrogens (tertiary/aromatic N) is 2. The minimum absolute atomic E-state index is 0. The van der Waals surface area contributed by atoms with Gasteiger partial charge in [-0.2, -0.15) is 0 Å². The molecule has 1 amide bonds. The molecule has 1 aromatic carbocycles. The van der Waals surface area contributed by atoms with Gasteiger partial charge in [0, 0.05) is 44.3 Å². The maximum Gasteiger partial charge on any atom is 0.226 e. The highest BCUT2D eigenvalue weighted by Crippen LogP contribution is 2.30. The van der Waals surface area contributed by atoms with Crippen LogP contribution in [0, 0.1) is 11.8 Å². The molecule has 1 aromatic rings. The molecule has 6 heteroatoms. The van der Waals surface area contributed by atoms with Gasteiger partial charge < -0.3 is 15.5 Å². The number of rotatable bonds is 4. The van der Waals surface area contributed by atoms with E-state index >= 15 is 0 Å². The van der Waals surface area contributed by atoms with Crippen LogP contribution in [0.25, 0.3) is 0 Å². The van der Waals surface area contributed by atoms with Gasteiger partial charge in [-0.3, -0.25) is 4.79 Å². The number of halogens is 2. The number of hydrogen-bond donors (Lipinski definition) is 1. The smallest absolute Gasteiger partial charge is 0.226 e. The molecule has 3 rings (SSSR count). The Morgan fingerprint density at radius 3 is 2.54 bits per heavy atom. The Morgan fingerprint density at radius 2 is 1.88 bits per heavy atom. The van der Waals surface area contributed by atoms with Gasteiger partial charge in [-0.05, 0) is 36.8 Å². The lowest BCUT2D eigenvalue weighted by Crippen LogP contribution is -2.44. The monoisotopic (exact) mass is 373 g/mol. The molecule has 2 N–H and O–H groups in total. The first-order chi connectivity index (χ1) is 10.7. The van der Waals surface area contributed by atoms with Crippen LogP contribution < -0.4 is 10.6 Å². The molecule has 24 heavy (non-hydrogen) atoms. The zero-order valence-electron chi connectivity index (χ0n) is 14.3. The van der Waals surface area contributed by atoms with E-state index in [1.165, 1.54) is 17.7 Å². The van der Waals surface area contributed by atoms with Gasteiger partial charge in [-0.25, -0.2) is 0 Å². The molecule has 0 radical (unpaired) electrons. The first-order valence-corrected chi connectivity index (χ1v) is 8.50. The highest BCUT2D eigenvalue weighted by Gasteiger charge is 2.28. The van der Waals surface area contributed by atoms with Crippen LogP contribution in [-0.4, -0.2) is 43.5 Å². The maximum absolute atomic E-state index is 12.2. The number of hydrogen-bond acceptors (Lipinski definition) is 3. The third-order valence-electron chi connectivity index (χ3n) is 5.16. The molecule has 0 saturated carbocycles. The Kier molecular flexibility index (Phi) is 8.34. The Morgan fingerprint density at radius 1 is 1.21 bits per heavy atom. The van der Waals surface area contributed by atoms with Gasteiger partial charge in [0.25, 0.3) is 0 Å². The van der Waals surface area contributed by atoms with Crippen molar-refractivity contribution in [1.29, 1.82) is 0 Å². The predicted molar refractivity (Wildman–Crippen MR) is 104 cm³/mol. The lowest BCUT2D eigenvalue weighted by molar-refractivity contribution is -0.136. The van der Waals surface area contributed by atoms with Crippen LogP contribution in [0.4, 0.5) is 5.69 Å². The third-order valence-corrected chi connectivity index (χ3v) is 5.16. The molecule has 0 bridgehead atoms. The standard InChI is InChI=1S/C18H27N3O.2ClH/c1-14(12-19)18(22)20-9-6-15(7-10-20)13-21-11-8-16-4-2-3-5-17(16)21;;/h2-5,14-15H,6-13,19H2,1H3;2*1H. The zero-order valence-corrected chi connectivity index (χ0v) is 16.0. The van der Waals surface area contributed by atoms with E-state index in [1.54, 1.807) is 0 Å². The highest BCUT2D eigenvalue weighted by atomic mass is 35.5. The summed E-state index contributed by atoms with van der Waals surface area (Å²) in [7, 11) is 0. The predicted octanol–water partition coefficient (Wildman–Crippen LogP) is 2.73. The summed E-state index contributed by atoms with van der Waals surface area (Å²) in [5, 5.41) is 0. The molecule has 136 valence electrons. The van der Waals surface area contributed by atoms with Crippen LogP contribution in [0.5, 0.6) is 0 Å². The number of carbonyl (C=O) groups excluding carboxylic acids is 1. The van der Waals surface area contributed by atoms with Crippen LogP contribution in [0.2, 0.25) is 0 Å². The largest absolute Gasteiger partial charge is 0.371 e. The average Bonchev–Trinajstić information content (AvgIpc) is 2.97. The molecule has 2 aliphatic heterocycles. The van der Waals surface area contributed by atoms with Gasteiger partial charge in [-0.15, -0.1) is 24.8 Å². The Bertz CT molecular complexity index is 533. The molecule has 1 unspecified atom stereocenters. The normalized spacial score (nSPS) is 18.4. The van der Waals surface area contributed by atoms with Crippen molar-refractivity contribution in [2.24, 2.45) is 17.6 Å². The number of amides is 1. The van der Waals surface area contributed by atoms with Crippen LogP contribution in [0.1, 0.15) is 25.3 Å². The quantitative estimate of drug-likeness (QED) is 0.882. The zero-order chi connectivity index (χ0) is 15.5. The molecule has 2 heterocycles. The summed E-state index contributed by atoms with van der Waals surface area (Å²) in [4.78, 5) is 16.7. The first kappa shape index (κ1) is 21.1. The maximum atomic E-state index is 12.2. The number of fused-ring (bicyclic) bond motifs is 1. The molecule has 1 atom stereocenters. The molecule has 0 spiro atoms. The molecule has 1 fully saturated rings. The molecule has 4 nitrogen and oxygen atoms in total. The fourth-order valence-electron chi connectivity index (χ4n) is 3.66. The van der Waals surface area contributed by atoms with Crippen molar-refractivity contribution < 1.29 is 4.79 Å². The van der Waals surface area contributed by atoms with Crippen molar-refractivity contribution >= 4 is 36.4 Å². The van der Waals surface area contributed by atoms with Gasteiger partial charge in [0.15, 0.2) is 0 Å². The summed E-state index contributed by atoms with van der Waals surface area (Å²) in [6, 6.07) is 8.74. The SMILES string of the molecule is CC(CN)C(=O)N1CCC(CN2CCc3ccccc32)CC1.Cl.Cl. The van der Waals surface area contributed by atoms with Crippen LogP contribution in [0.3, 0.4) is 0 Å². The van der Waals surface area contributed by atoms with Crippen LogP contribution in [-0.2, 0) is 11.2 Å². The summed E-state index contributed by atoms with van der Waals surface area (Å²) < 4.78 is 0. The van der Waals surface area contributed by atoms with Gasteiger partial charge in [0.05, 0.1) is 0 Å². The average molecular weight is 374 g/mol. The van der Waals surface area contributed by atoms with E-state index in [0.29, 0.717) is 12.5 Å². The van der Waals surface area contributed by atoms with Gasteiger partial charge in [-0.1, -0.05) is 25.1 Å². The van der Waals surface area contributed by atoms with Crippen molar-refractivity contribution in [3.05, 3.63) is 29.8 Å². The summed E-state index contributed by atoms with van der Waals surface area (Å²) in [5.74, 6) is 0.887. The van der Waals surface area contributed by atoms with Crippen molar-refractivity contribution in [2.45, 2.75) is 26.2 Å². The van der Waals surface area contributed by atoms with Crippen molar-refractivity contribution in [2.75, 3.05) is 37.6 Å². The van der Waals surface area contributed by atoms with Gasteiger partial charge in [0.1, 0.15) is 0 Å². The molecule has 0 aliphatic carbocycles. The van der Waals surface area contributed by atoms with E-state index in [9.17, 15) is 4.79 Å². The van der Waals surface area contributed by atoms with Crippen molar-refractivity contribution in [3.63, 3.8) is 0 Å². The topological polar surface area (TPSA) is 49.6 Å². The molecule has 2 aliphatic rings. The van der Waals surface area contributed by atoms with Gasteiger partial charge in [0.2, 0.25) is 5.91 Å². The number of nitrogens with two attached hydrogens (primary N) is 1. The minimum atomic E-state index is -0.0398. The number of para-hydroxylation sites is 1. The van der Waals surface area contributed by atoms with Crippen LogP contribution in [0.15, 0.2) is 24.3 Å². The Hall–Kier alpha value is -0.970. The number of anilines is 1. The van der Waals surface area contributed by atoms with E-state index in [-0.39, 0.29) is 36.6 Å². The van der Waals surface area contributed by atoms with E-state index in [4.69, 9.17) is 5.73 Å². The fraction of sp³-hybridized carbons (Fsp3) is 0.611. The van der Waals surface area contributed by atoms with Gasteiger partial charge >= 0.3 is 0 Å². The summed E-state index contributed by atoms with van der Waals surface area (Å²) in [6.45, 7) is 6.43. The molecular weight excluding hydrogens is 345 g/mol. The molecule has 0 aromatic heterocycles. The molecule has 1 saturated heterocycles. The highest BCUT2D eigenvalue weighted by molar-refractivity contribution is 5.85. The number of likely N-dealkylation sites (tertiary alicyclic amines) is 1. The van der Waals surface area contributed by atoms with Crippen molar-refractivity contribution in [1.82, 2.24) is 4.90 Å². The fourth-order valence-corrected chi connectivity index (χ4v) is 3.66. The Labute approximate surface area is 157 Å². The first-order valence-electron chi connectivity index (χ1n) is 8.50. The molecular formula is C18H29Cl2N3O. The minimum Gasteiger partial charge on any atom is -0.371 e. The second-order valence-corrected chi connectivity index (χ2v) is 6.73. The van der Waals surface area contributed by atoms with E-state index in [2.05, 4.69) is 29.2 Å². The second-order valence-electron chi connectivity index (χ2n) is 6.73. The summed E-state index contributed by atoms with van der Waals surface area (Å²) in [6.07, 6.45) is 3.39. The number of benzene rings is 1. The van der Waals surface area contributed by atoms with Crippen LogP contribution >= 0.6 is 24.8 Å². The number of carbonyl (C=O) groups is 1. The van der Waals surface area contributed by atoms with Crippen molar-refractivity contribution in [3.8, 4) is 0 Å². The summed E-state index contributed by atoms with van der Waals surface area (Å²) >= 11 is 0. The lowest BCUT2D eigenvalue weighted by Gasteiger charge is -2.35. The van der Waals surface area contributed by atoms with E-state index < -0.39 is 0 Å². The van der Waals surface area contributed by atoms with E-state index in [1.807, 2.05) is 11.8 Å². The third kappa shape index (κ3) is 4.56. The summed E-state index contributed by atoms with van der Waals surface area (Å²) in [5.41, 5.74) is 8.50. The van der Waals surface area contributed by atoms with E-state index in [0.717, 1.165) is 39.0 Å². The Balaban J connectivity index is 0.00000144. The second kappa shape index (κ2) is 9.50. The lowest BCUT2D eigenvalue weighted by atomic mass is 9.95.